The molecule has 0 saturated heterocycles. The molecule has 52 valence electrons. The van der Waals surface area contributed by atoms with E-state index in [4.69, 9.17) is 10.5 Å². The van der Waals surface area contributed by atoms with Crippen molar-refractivity contribution >= 4 is 6.47 Å². The monoisotopic (exact) mass is 129 g/mol. The van der Waals surface area contributed by atoms with Crippen LogP contribution in [0.2, 0.25) is 0 Å². The van der Waals surface area contributed by atoms with Crippen LogP contribution in [0.3, 0.4) is 0 Å². The molecule has 0 aromatic heterocycles. The zero-order valence-corrected chi connectivity index (χ0v) is 5.25. The highest BCUT2D eigenvalue weighted by Gasteiger charge is 2.22. The average Bonchev–Trinajstić information content (AvgIpc) is 2.17. The highest BCUT2D eigenvalue weighted by molar-refractivity contribution is 5.37. The van der Waals surface area contributed by atoms with Crippen LogP contribution in [0.15, 0.2) is 0 Å². The molecule has 0 aliphatic heterocycles. The van der Waals surface area contributed by atoms with Gasteiger partial charge in [-0.2, -0.15) is 0 Å². The van der Waals surface area contributed by atoms with E-state index < -0.39 is 0 Å². The molecule has 2 atom stereocenters. The Hall–Kier alpha value is -0.570. The number of hydrogen-bond acceptors (Lipinski definition) is 3. The van der Waals surface area contributed by atoms with Gasteiger partial charge in [0.2, 0.25) is 0 Å². The molecule has 1 rings (SSSR count). The molecular weight excluding hydrogens is 118 g/mol. The van der Waals surface area contributed by atoms with Gasteiger partial charge in [-0.1, -0.05) is 0 Å². The predicted octanol–water partition coefficient (Wildman–Crippen LogP) is 0.0392. The zero-order chi connectivity index (χ0) is 6.69. The summed E-state index contributed by atoms with van der Waals surface area (Å²) in [7, 11) is 0. The second kappa shape index (κ2) is 2.82. The lowest BCUT2D eigenvalue weighted by Crippen LogP contribution is -2.17. The van der Waals surface area contributed by atoms with Crippen LogP contribution in [0, 0.1) is 0 Å². The summed E-state index contributed by atoms with van der Waals surface area (Å²) >= 11 is 0. The minimum Gasteiger partial charge on any atom is -0.465 e. The Morgan fingerprint density at radius 1 is 1.56 bits per heavy atom. The molecule has 0 bridgehead atoms. The molecule has 9 heavy (non-hydrogen) atoms. The van der Waals surface area contributed by atoms with Crippen LogP contribution in [-0.2, 0) is 9.53 Å². The van der Waals surface area contributed by atoms with Crippen molar-refractivity contribution in [3.8, 4) is 0 Å². The number of nitrogens with two attached hydrogens (primary N) is 1. The molecular formula is C6H11NO2. The standard InChI is InChI=1S/C6H11NO2/c7-5-1-2-6(3-5)9-4-8/h4-6H,1-3,7H2. The van der Waals surface area contributed by atoms with E-state index in [0.717, 1.165) is 19.3 Å². The van der Waals surface area contributed by atoms with Gasteiger partial charge in [-0.05, 0) is 19.3 Å². The molecule has 0 aromatic rings. The van der Waals surface area contributed by atoms with Crippen LogP contribution in [-0.4, -0.2) is 18.6 Å². The second-order valence-electron chi connectivity index (χ2n) is 2.43. The summed E-state index contributed by atoms with van der Waals surface area (Å²) in [5.74, 6) is 0. The molecule has 0 aromatic carbocycles. The molecule has 1 aliphatic carbocycles. The number of hydrogen-bond donors (Lipinski definition) is 1. The third-order valence-corrected chi connectivity index (χ3v) is 1.67. The molecule has 2 N–H and O–H groups in total. The number of ether oxygens (including phenoxy) is 1. The summed E-state index contributed by atoms with van der Waals surface area (Å²) in [6.07, 6.45) is 2.84. The Morgan fingerprint density at radius 2 is 2.33 bits per heavy atom. The molecule has 1 aliphatic rings. The molecule has 3 heteroatoms. The largest absolute Gasteiger partial charge is 0.465 e. The third-order valence-electron chi connectivity index (χ3n) is 1.67. The van der Waals surface area contributed by atoms with E-state index in [0.29, 0.717) is 6.47 Å². The van der Waals surface area contributed by atoms with E-state index >= 15 is 0 Å². The summed E-state index contributed by atoms with van der Waals surface area (Å²) in [6.45, 7) is 0.503. The van der Waals surface area contributed by atoms with Crippen LogP contribution < -0.4 is 5.73 Å². The van der Waals surface area contributed by atoms with Crippen LogP contribution in [0.5, 0.6) is 0 Å². The van der Waals surface area contributed by atoms with Gasteiger partial charge < -0.3 is 10.5 Å². The second-order valence-corrected chi connectivity index (χ2v) is 2.43. The zero-order valence-electron chi connectivity index (χ0n) is 5.25. The fraction of sp³-hybridized carbons (Fsp3) is 0.833. The SMILES string of the molecule is NC1CCC(OC=O)C1. The first-order valence-electron chi connectivity index (χ1n) is 3.17. The van der Waals surface area contributed by atoms with Gasteiger partial charge in [-0.15, -0.1) is 0 Å². The minimum atomic E-state index is 0.0949. The van der Waals surface area contributed by atoms with Gasteiger partial charge in [0, 0.05) is 6.04 Å². The smallest absolute Gasteiger partial charge is 0.293 e. The first-order valence-corrected chi connectivity index (χ1v) is 3.17. The number of carbonyl (C=O) groups is 1. The van der Waals surface area contributed by atoms with E-state index in [2.05, 4.69) is 0 Å². The van der Waals surface area contributed by atoms with Crippen molar-refractivity contribution in [2.45, 2.75) is 31.4 Å². The van der Waals surface area contributed by atoms with E-state index in [9.17, 15) is 4.79 Å². The Morgan fingerprint density at radius 3 is 2.78 bits per heavy atom. The van der Waals surface area contributed by atoms with Crippen molar-refractivity contribution in [2.75, 3.05) is 0 Å². The van der Waals surface area contributed by atoms with Gasteiger partial charge in [-0.3, -0.25) is 4.79 Å². The average molecular weight is 129 g/mol. The lowest BCUT2D eigenvalue weighted by molar-refractivity contribution is -0.133. The maximum Gasteiger partial charge on any atom is 0.293 e. The van der Waals surface area contributed by atoms with Gasteiger partial charge >= 0.3 is 0 Å². The summed E-state index contributed by atoms with van der Waals surface area (Å²) in [6, 6.07) is 0.245. The molecule has 2 unspecified atom stereocenters. The summed E-state index contributed by atoms with van der Waals surface area (Å²) in [5.41, 5.74) is 5.56. The Kier molecular flexibility index (Phi) is 2.05. The first-order chi connectivity index (χ1) is 4.33. The number of rotatable bonds is 2. The Bertz CT molecular complexity index is 105. The van der Waals surface area contributed by atoms with Crippen molar-refractivity contribution in [1.29, 1.82) is 0 Å². The van der Waals surface area contributed by atoms with Gasteiger partial charge in [0.1, 0.15) is 6.10 Å². The highest BCUT2D eigenvalue weighted by Crippen LogP contribution is 2.19. The highest BCUT2D eigenvalue weighted by atomic mass is 16.5. The van der Waals surface area contributed by atoms with E-state index in [1.807, 2.05) is 0 Å². The first kappa shape index (κ1) is 6.55. The molecule has 3 nitrogen and oxygen atoms in total. The number of carbonyl (C=O) groups excluding carboxylic acids is 1. The fourth-order valence-electron chi connectivity index (χ4n) is 1.18. The minimum absolute atomic E-state index is 0.0949. The Labute approximate surface area is 54.2 Å². The Balaban J connectivity index is 2.21. The predicted molar refractivity (Wildman–Crippen MR) is 32.8 cm³/mol. The van der Waals surface area contributed by atoms with Crippen molar-refractivity contribution in [2.24, 2.45) is 5.73 Å². The van der Waals surface area contributed by atoms with Crippen molar-refractivity contribution in [3.05, 3.63) is 0 Å². The van der Waals surface area contributed by atoms with E-state index in [1.165, 1.54) is 0 Å². The molecule has 0 spiro atoms. The van der Waals surface area contributed by atoms with Crippen LogP contribution in [0.4, 0.5) is 0 Å². The quantitative estimate of drug-likeness (QED) is 0.535. The molecule has 0 radical (unpaired) electrons. The summed E-state index contributed by atoms with van der Waals surface area (Å²) < 4.78 is 4.71. The summed E-state index contributed by atoms with van der Waals surface area (Å²) in [4.78, 5) is 9.80. The van der Waals surface area contributed by atoms with Crippen molar-refractivity contribution < 1.29 is 9.53 Å². The van der Waals surface area contributed by atoms with Crippen LogP contribution in [0.1, 0.15) is 19.3 Å². The van der Waals surface area contributed by atoms with Crippen molar-refractivity contribution in [1.82, 2.24) is 0 Å². The van der Waals surface area contributed by atoms with Gasteiger partial charge in [0.25, 0.3) is 6.47 Å². The van der Waals surface area contributed by atoms with Crippen molar-refractivity contribution in [3.63, 3.8) is 0 Å². The maximum atomic E-state index is 9.80. The van der Waals surface area contributed by atoms with Gasteiger partial charge in [-0.25, -0.2) is 0 Å². The normalized spacial score (nSPS) is 34.3. The van der Waals surface area contributed by atoms with E-state index in [1.54, 1.807) is 0 Å². The molecule has 0 heterocycles. The maximum absolute atomic E-state index is 9.80. The summed E-state index contributed by atoms with van der Waals surface area (Å²) in [5, 5.41) is 0. The van der Waals surface area contributed by atoms with E-state index in [-0.39, 0.29) is 12.1 Å². The van der Waals surface area contributed by atoms with Gasteiger partial charge in [0.15, 0.2) is 0 Å². The van der Waals surface area contributed by atoms with Crippen LogP contribution in [0.25, 0.3) is 0 Å². The fourth-order valence-corrected chi connectivity index (χ4v) is 1.18. The van der Waals surface area contributed by atoms with Gasteiger partial charge in [0.05, 0.1) is 0 Å². The molecule has 0 amide bonds. The topological polar surface area (TPSA) is 52.3 Å². The van der Waals surface area contributed by atoms with Crippen LogP contribution >= 0.6 is 0 Å². The lowest BCUT2D eigenvalue weighted by Gasteiger charge is -2.04. The molecule has 1 saturated carbocycles. The third kappa shape index (κ3) is 1.68. The molecule has 1 fully saturated rings. The lowest BCUT2D eigenvalue weighted by atomic mass is 10.3.